The number of rotatable bonds is 0. The van der Waals surface area contributed by atoms with E-state index in [9.17, 15) is 0 Å². The number of hydrogen-bond acceptors (Lipinski definition) is 0. The fraction of sp³-hybridized carbons (Fsp3) is 0.444. The molecule has 22 heavy (non-hydrogen) atoms. The second kappa shape index (κ2) is 26.5. The monoisotopic (exact) mass is 436 g/mol. The van der Waals surface area contributed by atoms with Crippen LogP contribution < -0.4 is 0 Å². The summed E-state index contributed by atoms with van der Waals surface area (Å²) < 4.78 is 0. The predicted molar refractivity (Wildman–Crippen MR) is 107 cm³/mol. The Bertz CT molecular complexity index is 302. The maximum absolute atomic E-state index is 3.25. The van der Waals surface area contributed by atoms with Crippen LogP contribution in [0.2, 0.25) is 0 Å². The third-order valence-corrected chi connectivity index (χ3v) is 2.18. The first-order valence-electron chi connectivity index (χ1n) is 6.91. The van der Waals surface area contributed by atoms with Crippen LogP contribution in [0.15, 0.2) is 35.5 Å². The average molecular weight is 439 g/mol. The molecule has 0 saturated heterocycles. The van der Waals surface area contributed by atoms with Crippen LogP contribution in [0.4, 0.5) is 0 Å². The normalized spacial score (nSPS) is 18.7. The van der Waals surface area contributed by atoms with Crippen LogP contribution in [0.5, 0.6) is 0 Å². The van der Waals surface area contributed by atoms with Gasteiger partial charge in [-0.25, -0.2) is 23.3 Å². The van der Waals surface area contributed by atoms with Gasteiger partial charge in [-0.2, -0.15) is 26.0 Å². The van der Waals surface area contributed by atoms with Crippen molar-refractivity contribution in [3.05, 3.63) is 61.4 Å². The van der Waals surface area contributed by atoms with Crippen molar-refractivity contribution < 1.29 is 23.3 Å². The molecule has 0 nitrogen and oxygen atoms in total. The van der Waals surface area contributed by atoms with E-state index in [1.807, 2.05) is 6.88 Å². The first-order valence-corrected chi connectivity index (χ1v) is 12.8. The summed E-state index contributed by atoms with van der Waals surface area (Å²) in [6, 6.07) is 0. The van der Waals surface area contributed by atoms with E-state index < -0.39 is 0 Å². The maximum atomic E-state index is 3.25. The third kappa shape index (κ3) is 22.9. The van der Waals surface area contributed by atoms with E-state index in [2.05, 4.69) is 78.0 Å². The van der Waals surface area contributed by atoms with Crippen LogP contribution in [-0.4, -0.2) is 6.88 Å². The summed E-state index contributed by atoms with van der Waals surface area (Å²) in [5, 5.41) is 0. The second-order valence-corrected chi connectivity index (χ2v) is 3.95. The summed E-state index contributed by atoms with van der Waals surface area (Å²) in [4.78, 5) is 0. The minimum absolute atomic E-state index is 0. The Kier molecular flexibility index (Phi) is 41.1. The molecule has 0 aromatic carbocycles. The summed E-state index contributed by atoms with van der Waals surface area (Å²) in [6.45, 7) is 20.4. The summed E-state index contributed by atoms with van der Waals surface area (Å²) in [7, 11) is 0. The standard InChI is InChI=1S/2C7H9.2C2H5.2ClH.H2Si.Zr/c2*1-6-3-4-7(2)5-6;2*1-2;;;;/h2*3-4,6H,1-2H3;2*1H2,2H3;2*1H;1H2;/q4*-1;;;;. The van der Waals surface area contributed by atoms with Crippen LogP contribution in [0.3, 0.4) is 0 Å². The van der Waals surface area contributed by atoms with Gasteiger partial charge in [0.1, 0.15) is 0 Å². The van der Waals surface area contributed by atoms with Crippen molar-refractivity contribution in [1.29, 1.82) is 0 Å². The van der Waals surface area contributed by atoms with Gasteiger partial charge in [-0.15, -0.1) is 24.8 Å². The van der Waals surface area contributed by atoms with Crippen LogP contribution in [0, 0.1) is 37.8 Å². The number of allylic oxidation sites excluding steroid dienone is 8. The minimum atomic E-state index is 0. The Labute approximate surface area is 169 Å². The van der Waals surface area contributed by atoms with E-state index >= 15 is 0 Å². The van der Waals surface area contributed by atoms with Crippen LogP contribution in [-0.2, 0) is 23.3 Å². The van der Waals surface area contributed by atoms with E-state index in [0.717, 1.165) is 0 Å². The molecule has 0 radical (unpaired) electrons. The zero-order valence-corrected chi connectivity index (χ0v) is 20.4. The molecule has 2 unspecified atom stereocenters. The molecule has 0 saturated carbocycles. The van der Waals surface area contributed by atoms with E-state index in [0.29, 0.717) is 11.8 Å². The Morgan fingerprint density at radius 3 is 1.09 bits per heavy atom. The molecule has 0 spiro atoms. The first kappa shape index (κ1) is 34.1. The van der Waals surface area contributed by atoms with Gasteiger partial charge >= 0.3 is 30.2 Å². The topological polar surface area (TPSA) is 0 Å². The van der Waals surface area contributed by atoms with Gasteiger partial charge in [0.05, 0.1) is 0 Å². The van der Waals surface area contributed by atoms with Gasteiger partial charge in [-0.05, 0) is 0 Å². The fourth-order valence-corrected chi connectivity index (χ4v) is 1.49. The second-order valence-electron chi connectivity index (χ2n) is 3.95. The SMILES string of the molecule is CC1=[C-]C(C)C=C1.CC1=[C-]C(C)C=C1.Cl.Cl.[CH2-]C.[CH2-]C.[SiH2]=[Zr]. The van der Waals surface area contributed by atoms with Gasteiger partial charge < -0.3 is 13.8 Å². The molecule has 0 aromatic rings. The van der Waals surface area contributed by atoms with Gasteiger partial charge in [0.15, 0.2) is 0 Å². The van der Waals surface area contributed by atoms with Gasteiger partial charge in [0.2, 0.25) is 0 Å². The molecule has 2 atom stereocenters. The van der Waals surface area contributed by atoms with E-state index in [1.165, 1.54) is 11.1 Å². The van der Waals surface area contributed by atoms with Crippen molar-refractivity contribution >= 4 is 31.7 Å². The zero-order valence-electron chi connectivity index (χ0n) is 14.9. The van der Waals surface area contributed by atoms with Gasteiger partial charge in [-0.1, -0.05) is 39.5 Å². The van der Waals surface area contributed by atoms with Crippen LogP contribution in [0.25, 0.3) is 0 Å². The molecule has 0 bridgehead atoms. The van der Waals surface area contributed by atoms with Crippen molar-refractivity contribution in [2.45, 2.75) is 41.5 Å². The number of hydrogen-bond donors (Lipinski definition) is 0. The molecule has 0 heterocycles. The Morgan fingerprint density at radius 1 is 0.818 bits per heavy atom. The summed E-state index contributed by atoms with van der Waals surface area (Å²) >= 11 is 1.58. The van der Waals surface area contributed by atoms with Crippen LogP contribution in [0.1, 0.15) is 41.5 Å². The molecule has 2 rings (SSSR count). The van der Waals surface area contributed by atoms with Crippen molar-refractivity contribution in [3.8, 4) is 0 Å². The Hall–Kier alpha value is 0.640. The predicted octanol–water partition coefficient (Wildman–Crippen LogP) is 5.49. The molecule has 0 fully saturated rings. The third-order valence-electron chi connectivity index (χ3n) is 2.18. The summed E-state index contributed by atoms with van der Waals surface area (Å²) in [5.74, 6) is 1.11. The Morgan fingerprint density at radius 2 is 1.05 bits per heavy atom. The fourth-order valence-electron chi connectivity index (χ4n) is 1.49. The van der Waals surface area contributed by atoms with Crippen molar-refractivity contribution in [3.63, 3.8) is 0 Å². The summed E-state index contributed by atoms with van der Waals surface area (Å²) in [5.41, 5.74) is 2.54. The number of halogens is 2. The molecule has 2 aliphatic carbocycles. The van der Waals surface area contributed by atoms with Crippen molar-refractivity contribution in [2.75, 3.05) is 0 Å². The molecule has 2 aliphatic rings. The molecule has 0 N–H and O–H groups in total. The van der Waals surface area contributed by atoms with Crippen molar-refractivity contribution in [1.82, 2.24) is 0 Å². The van der Waals surface area contributed by atoms with E-state index in [-0.39, 0.29) is 24.8 Å². The average Bonchev–Trinajstić information content (AvgIpc) is 3.05. The van der Waals surface area contributed by atoms with Gasteiger partial charge in [-0.3, -0.25) is 12.2 Å². The van der Waals surface area contributed by atoms with Gasteiger partial charge in [0.25, 0.3) is 0 Å². The molecule has 0 aliphatic heterocycles. The van der Waals surface area contributed by atoms with Crippen LogP contribution >= 0.6 is 24.8 Å². The molecule has 4 heteroatoms. The molecule has 0 aromatic heterocycles. The molecule has 0 amide bonds. The zero-order chi connectivity index (χ0) is 16.6. The van der Waals surface area contributed by atoms with Gasteiger partial charge in [0, 0.05) is 0 Å². The quantitative estimate of drug-likeness (QED) is 0.347. The molecular formula is C18H32Cl2SiZr-4. The van der Waals surface area contributed by atoms with E-state index in [4.69, 9.17) is 0 Å². The molecular weight excluding hydrogens is 406 g/mol. The molecule has 130 valence electrons. The van der Waals surface area contributed by atoms with Crippen molar-refractivity contribution in [2.24, 2.45) is 11.8 Å². The summed E-state index contributed by atoms with van der Waals surface area (Å²) in [6.07, 6.45) is 14.9. The first-order chi connectivity index (χ1) is 9.58. The van der Waals surface area contributed by atoms with E-state index in [1.54, 1.807) is 37.2 Å². The Balaban J connectivity index is -0.0000000614.